The Bertz CT molecular complexity index is 275. The number of carbonyl (C=O) groups is 1. The number of nitrogen functional groups attached to an aromatic ring is 1. The first-order chi connectivity index (χ1) is 5.27. The van der Waals surface area contributed by atoms with Crippen LogP contribution in [0.3, 0.4) is 0 Å². The summed E-state index contributed by atoms with van der Waals surface area (Å²) in [5.74, 6) is 5.18. The van der Waals surface area contributed by atoms with Crippen LogP contribution in [-0.2, 0) is 0 Å². The summed E-state index contributed by atoms with van der Waals surface area (Å²) in [6, 6.07) is 5.13. The summed E-state index contributed by atoms with van der Waals surface area (Å²) >= 11 is 3.26. The molecule has 4 heteroatoms. The quantitative estimate of drug-likeness (QED) is 0.447. The lowest BCUT2D eigenvalue weighted by Crippen LogP contribution is -2.07. The molecule has 0 saturated heterocycles. The fraction of sp³-hybridized carbons (Fsp3) is 0. The summed E-state index contributed by atoms with van der Waals surface area (Å²) in [5, 5.41) is 0. The molecule has 0 aliphatic carbocycles. The molecule has 1 rings (SSSR count). The van der Waals surface area contributed by atoms with E-state index in [-0.39, 0.29) is 0 Å². The van der Waals surface area contributed by atoms with Crippen molar-refractivity contribution < 1.29 is 4.79 Å². The van der Waals surface area contributed by atoms with Gasteiger partial charge >= 0.3 is 0 Å². The lowest BCUT2D eigenvalue weighted by molar-refractivity contribution is 0.112. The van der Waals surface area contributed by atoms with Crippen molar-refractivity contribution in [1.82, 2.24) is 0 Å². The van der Waals surface area contributed by atoms with E-state index in [9.17, 15) is 4.79 Å². The number of halogens is 1. The molecule has 0 heterocycles. The Morgan fingerprint density at radius 2 is 2.27 bits per heavy atom. The van der Waals surface area contributed by atoms with Crippen molar-refractivity contribution in [3.8, 4) is 0 Å². The van der Waals surface area contributed by atoms with Gasteiger partial charge in [-0.2, -0.15) is 0 Å². The number of benzene rings is 1. The predicted octanol–water partition coefficient (Wildman–Crippen LogP) is 1.55. The van der Waals surface area contributed by atoms with Gasteiger partial charge in [-0.1, -0.05) is 6.07 Å². The van der Waals surface area contributed by atoms with Gasteiger partial charge in [-0.05, 0) is 28.1 Å². The smallest absolute Gasteiger partial charge is 0.150 e. The lowest BCUT2D eigenvalue weighted by atomic mass is 10.2. The van der Waals surface area contributed by atoms with Crippen molar-refractivity contribution in [2.24, 2.45) is 5.84 Å². The first kappa shape index (κ1) is 8.23. The molecular weight excluding hydrogens is 208 g/mol. The fourth-order valence-corrected chi connectivity index (χ4v) is 1.09. The van der Waals surface area contributed by atoms with E-state index in [1.54, 1.807) is 18.2 Å². The second-order valence-corrected chi connectivity index (χ2v) is 2.86. The molecule has 0 unspecified atom stereocenters. The van der Waals surface area contributed by atoms with Gasteiger partial charge in [0.05, 0.1) is 5.69 Å². The molecule has 0 spiro atoms. The molecule has 0 aromatic heterocycles. The van der Waals surface area contributed by atoms with Crippen LogP contribution >= 0.6 is 15.9 Å². The van der Waals surface area contributed by atoms with E-state index in [2.05, 4.69) is 21.4 Å². The number of hydrogen-bond donors (Lipinski definition) is 2. The second kappa shape index (κ2) is 3.50. The monoisotopic (exact) mass is 214 g/mol. The minimum Gasteiger partial charge on any atom is -0.323 e. The molecule has 1 aromatic carbocycles. The number of hydrazine groups is 1. The molecule has 0 atom stereocenters. The van der Waals surface area contributed by atoms with E-state index >= 15 is 0 Å². The molecule has 3 nitrogen and oxygen atoms in total. The molecule has 0 aliphatic heterocycles. The average molecular weight is 215 g/mol. The van der Waals surface area contributed by atoms with Gasteiger partial charge in [-0.15, -0.1) is 0 Å². The van der Waals surface area contributed by atoms with Gasteiger partial charge in [0, 0.05) is 10.0 Å². The number of carbonyl (C=O) groups excluding carboxylic acids is 1. The number of anilines is 1. The molecule has 0 saturated carbocycles. The van der Waals surface area contributed by atoms with Crippen LogP contribution in [-0.4, -0.2) is 6.29 Å². The first-order valence-electron chi connectivity index (χ1n) is 2.99. The highest BCUT2D eigenvalue weighted by molar-refractivity contribution is 9.10. The number of nitrogens with one attached hydrogen (secondary N) is 1. The molecule has 0 amide bonds. The Morgan fingerprint density at radius 1 is 1.55 bits per heavy atom. The summed E-state index contributed by atoms with van der Waals surface area (Å²) in [5.41, 5.74) is 3.77. The Morgan fingerprint density at radius 3 is 2.82 bits per heavy atom. The summed E-state index contributed by atoms with van der Waals surface area (Å²) < 4.78 is 0.839. The molecule has 0 aliphatic rings. The van der Waals surface area contributed by atoms with Gasteiger partial charge < -0.3 is 5.43 Å². The van der Waals surface area contributed by atoms with E-state index in [0.29, 0.717) is 11.3 Å². The Balaban J connectivity index is 3.12. The van der Waals surface area contributed by atoms with Crippen molar-refractivity contribution in [3.63, 3.8) is 0 Å². The van der Waals surface area contributed by atoms with Crippen LogP contribution in [0.25, 0.3) is 0 Å². The molecular formula is C7H7BrN2O. The van der Waals surface area contributed by atoms with Gasteiger partial charge in [0.25, 0.3) is 0 Å². The topological polar surface area (TPSA) is 55.1 Å². The number of hydrogen-bond acceptors (Lipinski definition) is 3. The molecule has 11 heavy (non-hydrogen) atoms. The van der Waals surface area contributed by atoms with Crippen molar-refractivity contribution in [3.05, 3.63) is 28.2 Å². The van der Waals surface area contributed by atoms with Crippen molar-refractivity contribution >= 4 is 27.9 Å². The molecule has 0 radical (unpaired) electrons. The molecule has 0 bridgehead atoms. The SMILES string of the molecule is NNc1cc(C=O)ccc1Br. The van der Waals surface area contributed by atoms with Crippen molar-refractivity contribution in [2.75, 3.05) is 5.43 Å². The van der Waals surface area contributed by atoms with E-state index in [0.717, 1.165) is 10.8 Å². The fourth-order valence-electron chi connectivity index (χ4n) is 0.727. The molecule has 3 N–H and O–H groups in total. The van der Waals surface area contributed by atoms with Crippen LogP contribution in [0.1, 0.15) is 10.4 Å². The predicted molar refractivity (Wildman–Crippen MR) is 47.3 cm³/mol. The maximum Gasteiger partial charge on any atom is 0.150 e. The van der Waals surface area contributed by atoms with Crippen LogP contribution in [0.2, 0.25) is 0 Å². The van der Waals surface area contributed by atoms with Gasteiger partial charge in [-0.3, -0.25) is 10.6 Å². The normalized spacial score (nSPS) is 9.27. The van der Waals surface area contributed by atoms with E-state index in [4.69, 9.17) is 5.84 Å². The summed E-state index contributed by atoms with van der Waals surface area (Å²) in [4.78, 5) is 10.3. The Labute approximate surface area is 72.7 Å². The van der Waals surface area contributed by atoms with Gasteiger partial charge in [-0.25, -0.2) is 0 Å². The Kier molecular flexibility index (Phi) is 2.62. The van der Waals surface area contributed by atoms with Gasteiger partial charge in [0.2, 0.25) is 0 Å². The van der Waals surface area contributed by atoms with Crippen LogP contribution in [0, 0.1) is 0 Å². The van der Waals surface area contributed by atoms with Crippen molar-refractivity contribution in [1.29, 1.82) is 0 Å². The largest absolute Gasteiger partial charge is 0.323 e. The molecule has 58 valence electrons. The van der Waals surface area contributed by atoms with Gasteiger partial charge in [0.15, 0.2) is 0 Å². The molecule has 0 fully saturated rings. The summed E-state index contributed by atoms with van der Waals surface area (Å²) in [6.45, 7) is 0. The van der Waals surface area contributed by atoms with E-state index in [1.165, 1.54) is 0 Å². The zero-order chi connectivity index (χ0) is 8.27. The number of nitrogens with two attached hydrogens (primary N) is 1. The average Bonchev–Trinajstić information content (AvgIpc) is 2.05. The summed E-state index contributed by atoms with van der Waals surface area (Å²) in [6.07, 6.45) is 0.771. The van der Waals surface area contributed by atoms with E-state index in [1.807, 2.05) is 0 Å². The van der Waals surface area contributed by atoms with Crippen LogP contribution in [0.4, 0.5) is 5.69 Å². The highest BCUT2D eigenvalue weighted by Crippen LogP contribution is 2.21. The highest BCUT2D eigenvalue weighted by atomic mass is 79.9. The maximum atomic E-state index is 10.3. The standard InChI is InChI=1S/C7H7BrN2O/c8-6-2-1-5(4-11)3-7(6)10-9/h1-4,10H,9H2. The van der Waals surface area contributed by atoms with E-state index < -0.39 is 0 Å². The van der Waals surface area contributed by atoms with Crippen LogP contribution in [0.15, 0.2) is 22.7 Å². The van der Waals surface area contributed by atoms with Crippen molar-refractivity contribution in [2.45, 2.75) is 0 Å². The Hall–Kier alpha value is -0.870. The second-order valence-electron chi connectivity index (χ2n) is 2.00. The van der Waals surface area contributed by atoms with Crippen LogP contribution < -0.4 is 11.3 Å². The minimum atomic E-state index is 0.598. The van der Waals surface area contributed by atoms with Crippen LogP contribution in [0.5, 0.6) is 0 Å². The third-order valence-electron chi connectivity index (χ3n) is 1.28. The lowest BCUT2D eigenvalue weighted by Gasteiger charge is -2.02. The third kappa shape index (κ3) is 1.78. The minimum absolute atomic E-state index is 0.598. The maximum absolute atomic E-state index is 10.3. The number of aldehydes is 1. The first-order valence-corrected chi connectivity index (χ1v) is 3.78. The summed E-state index contributed by atoms with van der Waals surface area (Å²) in [7, 11) is 0. The third-order valence-corrected chi connectivity index (χ3v) is 1.97. The highest BCUT2D eigenvalue weighted by Gasteiger charge is 1.97. The number of rotatable bonds is 2. The zero-order valence-corrected chi connectivity index (χ0v) is 7.26. The zero-order valence-electron chi connectivity index (χ0n) is 5.67. The van der Waals surface area contributed by atoms with Gasteiger partial charge in [0.1, 0.15) is 6.29 Å². The molecule has 1 aromatic rings.